The molecule has 3 heterocycles. The van der Waals surface area contributed by atoms with Crippen LogP contribution in [0.1, 0.15) is 17.5 Å². The van der Waals surface area contributed by atoms with Gasteiger partial charge in [-0.15, -0.1) is 0 Å². The molecule has 0 N–H and O–H groups in total. The van der Waals surface area contributed by atoms with Gasteiger partial charge in [0.1, 0.15) is 5.82 Å². The average molecular weight is 415 g/mol. The quantitative estimate of drug-likeness (QED) is 0.771. The van der Waals surface area contributed by atoms with Crippen molar-refractivity contribution in [2.45, 2.75) is 24.2 Å². The second kappa shape index (κ2) is 6.81. The highest BCUT2D eigenvalue weighted by Gasteiger charge is 2.35. The van der Waals surface area contributed by atoms with Crippen LogP contribution in [0.4, 0.5) is 15.8 Å². The van der Waals surface area contributed by atoms with Gasteiger partial charge in [-0.1, -0.05) is 12.1 Å². The summed E-state index contributed by atoms with van der Waals surface area (Å²) in [4.78, 5) is 16.1. The van der Waals surface area contributed by atoms with Gasteiger partial charge in [0.2, 0.25) is 15.9 Å². The lowest BCUT2D eigenvalue weighted by atomic mass is 10.00. The fraction of sp³-hybridized carbons (Fsp3) is 0.381. The number of carbonyl (C=O) groups excluding carboxylic acids is 1. The Hall–Kier alpha value is -2.45. The summed E-state index contributed by atoms with van der Waals surface area (Å²) in [6.45, 7) is 2.15. The van der Waals surface area contributed by atoms with E-state index in [-0.39, 0.29) is 11.7 Å². The molecular weight excluding hydrogens is 393 g/mol. The highest BCUT2D eigenvalue weighted by Crippen LogP contribution is 2.39. The topological polar surface area (TPSA) is 60.9 Å². The molecule has 1 amide bonds. The Bertz CT molecular complexity index is 1090. The molecule has 0 aromatic heterocycles. The number of sulfonamides is 1. The van der Waals surface area contributed by atoms with Gasteiger partial charge in [0.15, 0.2) is 0 Å². The number of halogens is 1. The average Bonchev–Trinajstić information content (AvgIpc) is 3.17. The SMILES string of the molecule is O=C1CCc2cc(S(=O)(=O)N3CCN(c4ccccc4F)CC3)cc3c2N1CC3. The lowest BCUT2D eigenvalue weighted by Crippen LogP contribution is -2.49. The maximum atomic E-state index is 14.0. The van der Waals surface area contributed by atoms with Crippen molar-refractivity contribution in [3.05, 3.63) is 53.3 Å². The number of piperazine rings is 1. The molecule has 2 aromatic rings. The Balaban J connectivity index is 1.39. The van der Waals surface area contributed by atoms with Crippen LogP contribution in [-0.4, -0.2) is 51.4 Å². The molecule has 8 heteroatoms. The van der Waals surface area contributed by atoms with Gasteiger partial charge in [0, 0.05) is 39.1 Å². The molecule has 0 unspecified atom stereocenters. The molecule has 0 radical (unpaired) electrons. The van der Waals surface area contributed by atoms with E-state index < -0.39 is 10.0 Å². The summed E-state index contributed by atoms with van der Waals surface area (Å²) in [6, 6.07) is 10.0. The summed E-state index contributed by atoms with van der Waals surface area (Å²) >= 11 is 0. The first-order chi connectivity index (χ1) is 13.9. The third-order valence-corrected chi connectivity index (χ3v) is 7.97. The molecule has 1 fully saturated rings. The van der Waals surface area contributed by atoms with E-state index in [0.717, 1.165) is 16.8 Å². The van der Waals surface area contributed by atoms with Gasteiger partial charge < -0.3 is 9.80 Å². The molecule has 6 nitrogen and oxygen atoms in total. The van der Waals surface area contributed by atoms with Crippen LogP contribution >= 0.6 is 0 Å². The normalized spacial score (nSPS) is 19.6. The molecule has 2 aromatic carbocycles. The summed E-state index contributed by atoms with van der Waals surface area (Å²) in [6.07, 6.45) is 1.71. The minimum Gasteiger partial charge on any atom is -0.367 e. The molecule has 0 spiro atoms. The Labute approximate surface area is 169 Å². The predicted octanol–water partition coefficient (Wildman–Crippen LogP) is 2.17. The number of para-hydroxylation sites is 1. The van der Waals surface area contributed by atoms with Crippen LogP contribution in [0.15, 0.2) is 41.3 Å². The number of hydrogen-bond donors (Lipinski definition) is 0. The predicted molar refractivity (Wildman–Crippen MR) is 108 cm³/mol. The fourth-order valence-electron chi connectivity index (χ4n) is 4.60. The zero-order valence-electron chi connectivity index (χ0n) is 16.0. The van der Waals surface area contributed by atoms with Gasteiger partial charge in [-0.25, -0.2) is 12.8 Å². The largest absolute Gasteiger partial charge is 0.367 e. The Morgan fingerprint density at radius 3 is 2.28 bits per heavy atom. The number of aryl methyl sites for hydroxylation is 1. The third kappa shape index (κ3) is 3.02. The Morgan fingerprint density at radius 1 is 0.862 bits per heavy atom. The maximum absolute atomic E-state index is 14.0. The van der Waals surface area contributed by atoms with E-state index in [9.17, 15) is 17.6 Å². The molecule has 29 heavy (non-hydrogen) atoms. The van der Waals surface area contributed by atoms with E-state index in [1.54, 1.807) is 35.2 Å². The van der Waals surface area contributed by atoms with Gasteiger partial charge in [-0.05, 0) is 48.2 Å². The summed E-state index contributed by atoms with van der Waals surface area (Å²) < 4.78 is 42.1. The summed E-state index contributed by atoms with van der Waals surface area (Å²) in [5, 5.41) is 0. The minimum absolute atomic E-state index is 0.121. The number of hydrogen-bond acceptors (Lipinski definition) is 4. The van der Waals surface area contributed by atoms with E-state index in [4.69, 9.17) is 0 Å². The minimum atomic E-state index is -3.63. The smallest absolute Gasteiger partial charge is 0.243 e. The number of rotatable bonds is 3. The van der Waals surface area contributed by atoms with Gasteiger partial charge >= 0.3 is 0 Å². The van der Waals surface area contributed by atoms with E-state index in [1.165, 1.54) is 10.4 Å². The third-order valence-electron chi connectivity index (χ3n) is 6.09. The van der Waals surface area contributed by atoms with E-state index in [0.29, 0.717) is 62.6 Å². The number of carbonyl (C=O) groups is 1. The first kappa shape index (κ1) is 18.6. The molecule has 3 aliphatic rings. The highest BCUT2D eigenvalue weighted by molar-refractivity contribution is 7.89. The van der Waals surface area contributed by atoms with Crippen molar-refractivity contribution in [1.29, 1.82) is 0 Å². The van der Waals surface area contributed by atoms with Crippen molar-refractivity contribution >= 4 is 27.3 Å². The lowest BCUT2D eigenvalue weighted by Gasteiger charge is -2.35. The highest BCUT2D eigenvalue weighted by atomic mass is 32.2. The molecule has 1 saturated heterocycles. The van der Waals surface area contributed by atoms with Crippen molar-refractivity contribution in [3.63, 3.8) is 0 Å². The van der Waals surface area contributed by atoms with Crippen LogP contribution < -0.4 is 9.80 Å². The lowest BCUT2D eigenvalue weighted by molar-refractivity contribution is -0.118. The van der Waals surface area contributed by atoms with Gasteiger partial charge in [-0.2, -0.15) is 4.31 Å². The first-order valence-electron chi connectivity index (χ1n) is 9.91. The molecule has 0 aliphatic carbocycles. The van der Waals surface area contributed by atoms with Crippen LogP contribution in [0, 0.1) is 5.82 Å². The van der Waals surface area contributed by atoms with Crippen molar-refractivity contribution in [2.24, 2.45) is 0 Å². The molecule has 152 valence electrons. The second-order valence-electron chi connectivity index (χ2n) is 7.73. The number of benzene rings is 2. The Morgan fingerprint density at radius 2 is 1.55 bits per heavy atom. The number of nitrogens with zero attached hydrogens (tertiary/aromatic N) is 3. The fourth-order valence-corrected chi connectivity index (χ4v) is 6.13. The van der Waals surface area contributed by atoms with Crippen molar-refractivity contribution < 1.29 is 17.6 Å². The van der Waals surface area contributed by atoms with Crippen LogP contribution in [0.3, 0.4) is 0 Å². The van der Waals surface area contributed by atoms with Crippen LogP contribution in [0.2, 0.25) is 0 Å². The molecule has 0 saturated carbocycles. The van der Waals surface area contributed by atoms with E-state index >= 15 is 0 Å². The number of amides is 1. The van der Waals surface area contributed by atoms with Gasteiger partial charge in [-0.3, -0.25) is 4.79 Å². The zero-order chi connectivity index (χ0) is 20.2. The van der Waals surface area contributed by atoms with Crippen molar-refractivity contribution in [3.8, 4) is 0 Å². The molecule has 5 rings (SSSR count). The second-order valence-corrected chi connectivity index (χ2v) is 9.67. The van der Waals surface area contributed by atoms with Crippen molar-refractivity contribution in [1.82, 2.24) is 4.31 Å². The van der Waals surface area contributed by atoms with Crippen LogP contribution in [0.25, 0.3) is 0 Å². The van der Waals surface area contributed by atoms with E-state index in [2.05, 4.69) is 0 Å². The first-order valence-corrected chi connectivity index (χ1v) is 11.3. The van der Waals surface area contributed by atoms with Crippen LogP contribution in [-0.2, 0) is 27.7 Å². The van der Waals surface area contributed by atoms with E-state index in [1.807, 2.05) is 4.90 Å². The molecule has 3 aliphatic heterocycles. The van der Waals surface area contributed by atoms with Gasteiger partial charge in [0.05, 0.1) is 16.3 Å². The maximum Gasteiger partial charge on any atom is 0.243 e. The molecular formula is C21H22FN3O3S. The number of anilines is 2. The zero-order valence-corrected chi connectivity index (χ0v) is 16.8. The summed E-state index contributed by atoms with van der Waals surface area (Å²) in [5.41, 5.74) is 3.32. The standard InChI is InChI=1S/C21H22FN3O3S/c22-18-3-1-2-4-19(18)23-9-11-24(12-10-23)29(27,28)17-13-15-5-6-20(26)25-8-7-16(14-17)21(15)25/h1-4,13-14H,5-12H2. The molecule has 0 atom stereocenters. The molecule has 0 bridgehead atoms. The van der Waals surface area contributed by atoms with Crippen LogP contribution in [0.5, 0.6) is 0 Å². The van der Waals surface area contributed by atoms with Crippen molar-refractivity contribution in [2.75, 3.05) is 42.5 Å². The monoisotopic (exact) mass is 415 g/mol. The summed E-state index contributed by atoms with van der Waals surface area (Å²) in [7, 11) is -3.63. The summed E-state index contributed by atoms with van der Waals surface area (Å²) in [5.74, 6) is -0.170. The Kier molecular flexibility index (Phi) is 4.36. The van der Waals surface area contributed by atoms with Gasteiger partial charge in [0.25, 0.3) is 0 Å².